The standard InChI is InChI=1S/C23H24N2O5S2/c26-22(17-30-21-9-5-4-8-20(21)18-6-2-1-3-7-18)24-16-19-10-11-23(31-19)32(27,28)25-12-14-29-15-13-25/h1-11H,12-17H2,(H,24,26). The van der Waals surface area contributed by atoms with Gasteiger partial charge in [-0.25, -0.2) is 8.42 Å². The van der Waals surface area contributed by atoms with Crippen LogP contribution in [-0.2, 0) is 26.1 Å². The molecule has 0 atom stereocenters. The fourth-order valence-corrected chi connectivity index (χ4v) is 6.19. The van der Waals surface area contributed by atoms with Gasteiger partial charge >= 0.3 is 0 Å². The molecule has 4 rings (SSSR count). The molecule has 1 aromatic heterocycles. The van der Waals surface area contributed by atoms with Crippen molar-refractivity contribution in [1.29, 1.82) is 0 Å². The van der Waals surface area contributed by atoms with Crippen molar-refractivity contribution < 1.29 is 22.7 Å². The van der Waals surface area contributed by atoms with Crippen molar-refractivity contribution >= 4 is 27.3 Å². The first kappa shape index (κ1) is 22.5. The number of carbonyl (C=O) groups excluding carboxylic acids is 1. The lowest BCUT2D eigenvalue weighted by molar-refractivity contribution is -0.123. The van der Waals surface area contributed by atoms with Gasteiger partial charge in [-0.15, -0.1) is 11.3 Å². The van der Waals surface area contributed by atoms with Crippen LogP contribution in [0.2, 0.25) is 0 Å². The topological polar surface area (TPSA) is 84.9 Å². The van der Waals surface area contributed by atoms with Crippen LogP contribution < -0.4 is 10.1 Å². The fraction of sp³-hybridized carbons (Fsp3) is 0.261. The Morgan fingerprint density at radius 2 is 1.72 bits per heavy atom. The first-order valence-electron chi connectivity index (χ1n) is 10.2. The van der Waals surface area contributed by atoms with E-state index in [9.17, 15) is 13.2 Å². The van der Waals surface area contributed by atoms with Crippen LogP contribution in [0.3, 0.4) is 0 Å². The van der Waals surface area contributed by atoms with Crippen LogP contribution in [0, 0.1) is 0 Å². The molecule has 0 aliphatic carbocycles. The highest BCUT2D eigenvalue weighted by molar-refractivity contribution is 7.91. The normalized spacial score (nSPS) is 14.8. The van der Waals surface area contributed by atoms with Crippen molar-refractivity contribution in [3.8, 4) is 16.9 Å². The molecule has 168 valence electrons. The summed E-state index contributed by atoms with van der Waals surface area (Å²) < 4.78 is 38.1. The number of carbonyl (C=O) groups is 1. The van der Waals surface area contributed by atoms with E-state index >= 15 is 0 Å². The van der Waals surface area contributed by atoms with E-state index in [4.69, 9.17) is 9.47 Å². The van der Waals surface area contributed by atoms with E-state index in [0.29, 0.717) is 32.1 Å². The number of nitrogens with zero attached hydrogens (tertiary/aromatic N) is 1. The van der Waals surface area contributed by atoms with Gasteiger partial charge in [-0.3, -0.25) is 4.79 Å². The maximum atomic E-state index is 12.7. The number of amides is 1. The van der Waals surface area contributed by atoms with Gasteiger partial charge in [0.15, 0.2) is 6.61 Å². The second-order valence-electron chi connectivity index (χ2n) is 7.16. The molecule has 1 saturated heterocycles. The van der Waals surface area contributed by atoms with Gasteiger partial charge in [-0.1, -0.05) is 48.5 Å². The van der Waals surface area contributed by atoms with Gasteiger partial charge in [-0.05, 0) is 23.8 Å². The van der Waals surface area contributed by atoms with Crippen molar-refractivity contribution in [3.05, 3.63) is 71.6 Å². The molecule has 1 aliphatic heterocycles. The maximum absolute atomic E-state index is 12.7. The van der Waals surface area contributed by atoms with Crippen LogP contribution in [0.15, 0.2) is 70.9 Å². The molecule has 3 aromatic rings. The zero-order chi connectivity index (χ0) is 22.4. The number of benzene rings is 2. The Morgan fingerprint density at radius 3 is 2.50 bits per heavy atom. The lowest BCUT2D eigenvalue weighted by atomic mass is 10.1. The molecule has 0 radical (unpaired) electrons. The number of thiophene rings is 1. The van der Waals surface area contributed by atoms with Crippen LogP contribution in [0.5, 0.6) is 5.75 Å². The summed E-state index contributed by atoms with van der Waals surface area (Å²) in [6.45, 7) is 1.63. The summed E-state index contributed by atoms with van der Waals surface area (Å²) in [5.74, 6) is 0.350. The molecule has 0 saturated carbocycles. The molecule has 2 aromatic carbocycles. The average molecular weight is 473 g/mol. The quantitative estimate of drug-likeness (QED) is 0.545. The van der Waals surface area contributed by atoms with Gasteiger partial charge in [-0.2, -0.15) is 4.31 Å². The van der Waals surface area contributed by atoms with E-state index in [1.165, 1.54) is 4.31 Å². The predicted molar refractivity (Wildman–Crippen MR) is 123 cm³/mol. The molecule has 0 spiro atoms. The van der Waals surface area contributed by atoms with Crippen molar-refractivity contribution in [1.82, 2.24) is 9.62 Å². The molecule has 9 heteroatoms. The Morgan fingerprint density at radius 1 is 1.00 bits per heavy atom. The van der Waals surface area contributed by atoms with E-state index in [-0.39, 0.29) is 23.3 Å². The van der Waals surface area contributed by atoms with Gasteiger partial charge < -0.3 is 14.8 Å². The highest BCUT2D eigenvalue weighted by Crippen LogP contribution is 2.29. The van der Waals surface area contributed by atoms with Gasteiger partial charge in [0.05, 0.1) is 19.8 Å². The first-order valence-corrected chi connectivity index (χ1v) is 12.5. The van der Waals surface area contributed by atoms with E-state index in [2.05, 4.69) is 5.32 Å². The minimum Gasteiger partial charge on any atom is -0.483 e. The molecule has 1 fully saturated rings. The smallest absolute Gasteiger partial charge is 0.258 e. The predicted octanol–water partition coefficient (Wildman–Crippen LogP) is 3.13. The van der Waals surface area contributed by atoms with Gasteiger partial charge in [0.2, 0.25) is 0 Å². The summed E-state index contributed by atoms with van der Waals surface area (Å²) in [5, 5.41) is 2.79. The zero-order valence-corrected chi connectivity index (χ0v) is 19.0. The minimum absolute atomic E-state index is 0.131. The average Bonchev–Trinajstić information content (AvgIpc) is 3.33. The fourth-order valence-electron chi connectivity index (χ4n) is 3.33. The summed E-state index contributed by atoms with van der Waals surface area (Å²) >= 11 is 1.16. The maximum Gasteiger partial charge on any atom is 0.258 e. The van der Waals surface area contributed by atoms with Gasteiger partial charge in [0.1, 0.15) is 9.96 Å². The molecule has 1 N–H and O–H groups in total. The van der Waals surface area contributed by atoms with Crippen molar-refractivity contribution in [2.75, 3.05) is 32.9 Å². The zero-order valence-electron chi connectivity index (χ0n) is 17.4. The third-order valence-corrected chi connectivity index (χ3v) is 8.44. The summed E-state index contributed by atoms with van der Waals surface area (Å²) in [6, 6.07) is 20.7. The summed E-state index contributed by atoms with van der Waals surface area (Å²) in [5.41, 5.74) is 1.92. The summed E-state index contributed by atoms with van der Waals surface area (Å²) in [6.07, 6.45) is 0. The molecule has 0 unspecified atom stereocenters. The van der Waals surface area contributed by atoms with Crippen LogP contribution in [-0.4, -0.2) is 51.5 Å². The van der Waals surface area contributed by atoms with E-state index in [1.807, 2.05) is 54.6 Å². The summed E-state index contributed by atoms with van der Waals surface area (Å²) in [7, 11) is -3.52. The van der Waals surface area contributed by atoms with Crippen LogP contribution in [0.4, 0.5) is 0 Å². The number of sulfonamides is 1. The third-order valence-electron chi connectivity index (χ3n) is 4.99. The van der Waals surface area contributed by atoms with Crippen molar-refractivity contribution in [3.63, 3.8) is 0 Å². The molecular weight excluding hydrogens is 448 g/mol. The van der Waals surface area contributed by atoms with E-state index < -0.39 is 10.0 Å². The number of morpholine rings is 1. The van der Waals surface area contributed by atoms with Crippen LogP contribution >= 0.6 is 11.3 Å². The SMILES string of the molecule is O=C(COc1ccccc1-c1ccccc1)NCc1ccc(S(=O)(=O)N2CCOCC2)s1. The second-order valence-corrected chi connectivity index (χ2v) is 10.5. The number of rotatable bonds is 8. The molecular formula is C23H24N2O5S2. The number of nitrogens with one attached hydrogen (secondary N) is 1. The first-order chi connectivity index (χ1) is 15.5. The largest absolute Gasteiger partial charge is 0.483 e. The van der Waals surface area contributed by atoms with Crippen LogP contribution in [0.25, 0.3) is 11.1 Å². The number of ether oxygens (including phenoxy) is 2. The Labute approximate surface area is 191 Å². The number of para-hydroxylation sites is 1. The van der Waals surface area contributed by atoms with E-state index in [0.717, 1.165) is 27.3 Å². The monoisotopic (exact) mass is 472 g/mol. The molecule has 1 aliphatic rings. The molecule has 7 nitrogen and oxygen atoms in total. The van der Waals surface area contributed by atoms with E-state index in [1.54, 1.807) is 12.1 Å². The minimum atomic E-state index is -3.52. The highest BCUT2D eigenvalue weighted by Gasteiger charge is 2.27. The van der Waals surface area contributed by atoms with Crippen molar-refractivity contribution in [2.24, 2.45) is 0 Å². The Hall–Kier alpha value is -2.72. The van der Waals surface area contributed by atoms with Crippen LogP contribution in [0.1, 0.15) is 4.88 Å². The van der Waals surface area contributed by atoms with Crippen molar-refractivity contribution in [2.45, 2.75) is 10.8 Å². The third kappa shape index (κ3) is 5.36. The lowest BCUT2D eigenvalue weighted by Gasteiger charge is -2.25. The highest BCUT2D eigenvalue weighted by atomic mass is 32.2. The van der Waals surface area contributed by atoms with Gasteiger partial charge in [0.25, 0.3) is 15.9 Å². The van der Waals surface area contributed by atoms with Gasteiger partial charge in [0, 0.05) is 23.5 Å². The number of hydrogen-bond acceptors (Lipinski definition) is 6. The summed E-state index contributed by atoms with van der Waals surface area (Å²) in [4.78, 5) is 13.1. The number of hydrogen-bond donors (Lipinski definition) is 1. The second kappa shape index (κ2) is 10.3. The Balaban J connectivity index is 1.32. The molecule has 1 amide bonds. The molecule has 32 heavy (non-hydrogen) atoms. The lowest BCUT2D eigenvalue weighted by Crippen LogP contribution is -2.40. The molecule has 2 heterocycles. The Bertz CT molecular complexity index is 1160. The Kier molecular flexibility index (Phi) is 7.21. The molecule has 0 bridgehead atoms.